The molecule has 30 heavy (non-hydrogen) atoms. The lowest BCUT2D eigenvalue weighted by molar-refractivity contribution is -0.384. The molecule has 0 fully saturated rings. The number of rotatable bonds is 4. The summed E-state index contributed by atoms with van der Waals surface area (Å²) in [6, 6.07) is 6.01. The summed E-state index contributed by atoms with van der Waals surface area (Å²) < 4.78 is 6.75. The molecule has 0 radical (unpaired) electrons. The van der Waals surface area contributed by atoms with Crippen LogP contribution in [0.5, 0.6) is 0 Å². The van der Waals surface area contributed by atoms with Crippen LogP contribution < -0.4 is 5.56 Å². The van der Waals surface area contributed by atoms with E-state index in [0.717, 1.165) is 29.7 Å². The molecule has 0 bridgehead atoms. The van der Waals surface area contributed by atoms with Crippen LogP contribution in [-0.2, 0) is 19.4 Å². The highest BCUT2D eigenvalue weighted by Crippen LogP contribution is 2.35. The monoisotopic (exact) mass is 423 g/mol. The second-order valence-corrected chi connectivity index (χ2v) is 8.61. The maximum atomic E-state index is 13.1. The third-order valence-corrected chi connectivity index (χ3v) is 6.53. The summed E-state index contributed by atoms with van der Waals surface area (Å²) in [5.41, 5.74) is 1.44. The van der Waals surface area contributed by atoms with Crippen molar-refractivity contribution in [1.82, 2.24) is 19.7 Å². The normalized spacial score (nSPS) is 16.0. The predicted molar refractivity (Wildman–Crippen MR) is 111 cm³/mol. The summed E-state index contributed by atoms with van der Waals surface area (Å²) in [6.45, 7) is 2.32. The van der Waals surface area contributed by atoms with Gasteiger partial charge < -0.3 is 4.52 Å². The molecule has 1 unspecified atom stereocenters. The molecule has 0 spiro atoms. The molecule has 1 aliphatic carbocycles. The second-order valence-electron chi connectivity index (χ2n) is 7.53. The molecule has 0 aliphatic heterocycles. The van der Waals surface area contributed by atoms with E-state index in [2.05, 4.69) is 22.0 Å². The van der Waals surface area contributed by atoms with Gasteiger partial charge in [-0.2, -0.15) is 4.98 Å². The first-order chi connectivity index (χ1) is 14.5. The first-order valence-corrected chi connectivity index (χ1v) is 10.4. The Balaban J connectivity index is 1.47. The van der Waals surface area contributed by atoms with Gasteiger partial charge in [-0.05, 0) is 30.7 Å². The van der Waals surface area contributed by atoms with E-state index in [1.807, 2.05) is 0 Å². The smallest absolute Gasteiger partial charge is 0.270 e. The van der Waals surface area contributed by atoms with Crippen LogP contribution in [0.1, 0.15) is 29.7 Å². The van der Waals surface area contributed by atoms with Gasteiger partial charge in [0.05, 0.1) is 16.6 Å². The molecule has 0 saturated heterocycles. The Labute approximate surface area is 174 Å². The highest BCUT2D eigenvalue weighted by Gasteiger charge is 2.23. The highest BCUT2D eigenvalue weighted by atomic mass is 32.1. The topological polar surface area (TPSA) is 117 Å². The number of nitro benzene ring substituents is 1. The summed E-state index contributed by atoms with van der Waals surface area (Å²) in [7, 11) is 0. The Morgan fingerprint density at radius 1 is 1.40 bits per heavy atom. The van der Waals surface area contributed by atoms with Crippen molar-refractivity contribution in [2.75, 3.05) is 0 Å². The number of fused-ring (bicyclic) bond motifs is 3. The van der Waals surface area contributed by atoms with E-state index in [1.54, 1.807) is 23.5 Å². The summed E-state index contributed by atoms with van der Waals surface area (Å²) in [6.07, 6.45) is 4.47. The number of nitrogens with zero attached hydrogens (tertiary/aromatic N) is 5. The van der Waals surface area contributed by atoms with Gasteiger partial charge in [0.1, 0.15) is 11.4 Å². The molecule has 4 aromatic rings. The van der Waals surface area contributed by atoms with Gasteiger partial charge in [0.15, 0.2) is 0 Å². The van der Waals surface area contributed by atoms with Crippen molar-refractivity contribution < 1.29 is 9.45 Å². The lowest BCUT2D eigenvalue weighted by Gasteiger charge is -2.17. The van der Waals surface area contributed by atoms with Gasteiger partial charge in [0.2, 0.25) is 11.7 Å². The largest absolute Gasteiger partial charge is 0.337 e. The highest BCUT2D eigenvalue weighted by molar-refractivity contribution is 7.18. The van der Waals surface area contributed by atoms with Crippen LogP contribution in [0.2, 0.25) is 0 Å². The van der Waals surface area contributed by atoms with E-state index < -0.39 is 4.92 Å². The van der Waals surface area contributed by atoms with Crippen molar-refractivity contribution in [3.05, 3.63) is 67.4 Å². The van der Waals surface area contributed by atoms with Gasteiger partial charge in [0, 0.05) is 22.6 Å². The van der Waals surface area contributed by atoms with E-state index in [-0.39, 0.29) is 29.5 Å². The molecule has 5 rings (SSSR count). The number of benzene rings is 1. The Morgan fingerprint density at radius 2 is 2.27 bits per heavy atom. The maximum Gasteiger partial charge on any atom is 0.270 e. The molecular formula is C20H17N5O4S. The first-order valence-electron chi connectivity index (χ1n) is 9.56. The number of aromatic nitrogens is 4. The van der Waals surface area contributed by atoms with Gasteiger partial charge in [0.25, 0.3) is 11.2 Å². The molecule has 1 atom stereocenters. The standard InChI is InChI=1S/C20H17N5O4S/c1-11-5-6-14-15(7-11)30-19-17(14)20(26)24(10-21-19)9-16-22-18(23-29-16)12-3-2-4-13(8-12)25(27)28/h2-4,8,10-11H,5-7,9H2,1H3. The molecule has 3 heterocycles. The second kappa shape index (κ2) is 7.13. The average Bonchev–Trinajstić information content (AvgIpc) is 3.34. The van der Waals surface area contributed by atoms with Crippen molar-refractivity contribution in [3.8, 4) is 11.4 Å². The molecule has 0 saturated carbocycles. The van der Waals surface area contributed by atoms with Gasteiger partial charge in [-0.1, -0.05) is 24.2 Å². The zero-order valence-electron chi connectivity index (χ0n) is 16.1. The quantitative estimate of drug-likeness (QED) is 0.364. The Hall–Kier alpha value is -3.40. The Morgan fingerprint density at radius 3 is 3.10 bits per heavy atom. The van der Waals surface area contributed by atoms with E-state index in [4.69, 9.17) is 4.52 Å². The average molecular weight is 423 g/mol. The number of thiophene rings is 1. The maximum absolute atomic E-state index is 13.1. The molecule has 0 amide bonds. The van der Waals surface area contributed by atoms with E-state index in [1.165, 1.54) is 27.9 Å². The molecule has 3 aromatic heterocycles. The minimum Gasteiger partial charge on any atom is -0.337 e. The summed E-state index contributed by atoms with van der Waals surface area (Å²) >= 11 is 1.61. The van der Waals surface area contributed by atoms with Gasteiger partial charge in [-0.25, -0.2) is 4.98 Å². The van der Waals surface area contributed by atoms with Gasteiger partial charge in [-0.15, -0.1) is 11.3 Å². The van der Waals surface area contributed by atoms with Gasteiger partial charge >= 0.3 is 0 Å². The number of hydrogen-bond acceptors (Lipinski definition) is 8. The zero-order valence-corrected chi connectivity index (χ0v) is 16.9. The molecule has 10 heteroatoms. The van der Waals surface area contributed by atoms with Gasteiger partial charge in [-0.3, -0.25) is 19.5 Å². The third-order valence-electron chi connectivity index (χ3n) is 5.37. The fourth-order valence-corrected chi connectivity index (χ4v) is 5.16. The lowest BCUT2D eigenvalue weighted by atomic mass is 9.89. The zero-order chi connectivity index (χ0) is 20.8. The Bertz CT molecular complexity index is 1340. The van der Waals surface area contributed by atoms with E-state index in [0.29, 0.717) is 16.9 Å². The van der Waals surface area contributed by atoms with Crippen molar-refractivity contribution in [2.45, 2.75) is 32.7 Å². The molecule has 9 nitrogen and oxygen atoms in total. The predicted octanol–water partition coefficient (Wildman–Crippen LogP) is 3.59. The SMILES string of the molecule is CC1CCc2c(sc3ncn(Cc4nc(-c5cccc([N+](=O)[O-])c5)no4)c(=O)c23)C1. The van der Waals surface area contributed by atoms with Crippen LogP contribution in [0.3, 0.4) is 0 Å². The van der Waals surface area contributed by atoms with Crippen molar-refractivity contribution in [3.63, 3.8) is 0 Å². The molecule has 152 valence electrons. The third kappa shape index (κ3) is 3.18. The summed E-state index contributed by atoms with van der Waals surface area (Å²) in [5, 5.41) is 15.6. The fourth-order valence-electron chi connectivity index (χ4n) is 3.82. The van der Waals surface area contributed by atoms with Crippen molar-refractivity contribution in [2.24, 2.45) is 5.92 Å². The van der Waals surface area contributed by atoms with Crippen molar-refractivity contribution in [1.29, 1.82) is 0 Å². The van der Waals surface area contributed by atoms with Crippen LogP contribution in [0.15, 0.2) is 39.9 Å². The Kier molecular flexibility index (Phi) is 4.43. The number of nitro groups is 1. The van der Waals surface area contributed by atoms with Crippen LogP contribution in [-0.4, -0.2) is 24.6 Å². The van der Waals surface area contributed by atoms with E-state index in [9.17, 15) is 14.9 Å². The number of aryl methyl sites for hydroxylation is 1. The number of hydrogen-bond donors (Lipinski definition) is 0. The fraction of sp³-hybridized carbons (Fsp3) is 0.300. The molecule has 1 aliphatic rings. The summed E-state index contributed by atoms with van der Waals surface area (Å²) in [5.74, 6) is 1.09. The van der Waals surface area contributed by atoms with Crippen LogP contribution in [0.25, 0.3) is 21.6 Å². The van der Waals surface area contributed by atoms with Crippen LogP contribution in [0.4, 0.5) is 5.69 Å². The molecular weight excluding hydrogens is 406 g/mol. The summed E-state index contributed by atoms with van der Waals surface area (Å²) in [4.78, 5) is 34.4. The lowest BCUT2D eigenvalue weighted by Crippen LogP contribution is -2.22. The molecule has 1 aromatic carbocycles. The van der Waals surface area contributed by atoms with Crippen LogP contribution >= 0.6 is 11.3 Å². The minimum absolute atomic E-state index is 0.0544. The minimum atomic E-state index is -0.479. The van der Waals surface area contributed by atoms with Crippen molar-refractivity contribution >= 4 is 27.2 Å². The number of non-ortho nitro benzene ring substituents is 1. The van der Waals surface area contributed by atoms with E-state index >= 15 is 0 Å². The first kappa shape index (κ1) is 18.6. The molecule has 0 N–H and O–H groups in total. The van der Waals surface area contributed by atoms with Crippen LogP contribution in [0, 0.1) is 16.0 Å².